The lowest BCUT2D eigenvalue weighted by Gasteiger charge is -1.89. The van der Waals surface area contributed by atoms with Gasteiger partial charge in [-0.1, -0.05) is 36.4 Å². The van der Waals surface area contributed by atoms with Crippen LogP contribution in [-0.4, -0.2) is 6.61 Å². The molecule has 0 amide bonds. The van der Waals surface area contributed by atoms with Gasteiger partial charge in [0.05, 0.1) is 6.61 Å². The Morgan fingerprint density at radius 3 is 2.33 bits per heavy atom. The fourth-order valence-electron chi connectivity index (χ4n) is 0.908. The Morgan fingerprint density at radius 1 is 1.42 bits per heavy atom. The Labute approximate surface area is 73.7 Å². The maximum absolute atomic E-state index is 5.09. The van der Waals surface area contributed by atoms with Crippen LogP contribution in [0.25, 0.3) is 0 Å². The molecule has 1 saturated heterocycles. The summed E-state index contributed by atoms with van der Waals surface area (Å²) in [6, 6.07) is 10.3. The second-order valence-corrected chi connectivity index (χ2v) is 2.64. The van der Waals surface area contributed by atoms with Gasteiger partial charge in [-0.25, -0.2) is 0 Å². The molecule has 64 valence electrons. The molecule has 1 aromatic rings. The molecule has 1 atom stereocenters. The molecule has 1 nitrogen and oxygen atoms in total. The number of hydrogen-bond donors (Lipinski definition) is 0. The molecule has 0 aromatic heterocycles. The van der Waals surface area contributed by atoms with E-state index < -0.39 is 0 Å². The van der Waals surface area contributed by atoms with Gasteiger partial charge in [-0.15, -0.1) is 6.58 Å². The van der Waals surface area contributed by atoms with Crippen LogP contribution >= 0.6 is 0 Å². The Morgan fingerprint density at radius 2 is 1.92 bits per heavy atom. The van der Waals surface area contributed by atoms with Crippen molar-refractivity contribution < 1.29 is 4.74 Å². The Bertz CT molecular complexity index is 224. The van der Waals surface area contributed by atoms with Crippen molar-refractivity contribution in [2.24, 2.45) is 0 Å². The van der Waals surface area contributed by atoms with E-state index in [0.29, 0.717) is 6.10 Å². The van der Waals surface area contributed by atoms with E-state index in [9.17, 15) is 0 Å². The molecule has 0 radical (unpaired) electrons. The van der Waals surface area contributed by atoms with Gasteiger partial charge in [-0.3, -0.25) is 0 Å². The second kappa shape index (κ2) is 4.73. The quantitative estimate of drug-likeness (QED) is 0.457. The minimum atomic E-state index is 0.409. The zero-order chi connectivity index (χ0) is 8.81. The molecular formula is C11H14O. The molecule has 1 aliphatic rings. The molecule has 1 aliphatic heterocycles. The van der Waals surface area contributed by atoms with Gasteiger partial charge < -0.3 is 4.74 Å². The monoisotopic (exact) mass is 162 g/mol. The van der Waals surface area contributed by atoms with Gasteiger partial charge in [-0.05, 0) is 12.5 Å². The van der Waals surface area contributed by atoms with E-state index in [1.807, 2.05) is 25.1 Å². The predicted molar refractivity (Wildman–Crippen MR) is 51.0 cm³/mol. The van der Waals surface area contributed by atoms with Crippen LogP contribution < -0.4 is 0 Å². The molecule has 0 aliphatic carbocycles. The van der Waals surface area contributed by atoms with Crippen LogP contribution in [0.5, 0.6) is 0 Å². The third-order valence-electron chi connectivity index (χ3n) is 1.50. The highest BCUT2D eigenvalue weighted by atomic mass is 16.6. The highest BCUT2D eigenvalue weighted by molar-refractivity contribution is 5.19. The first-order valence-corrected chi connectivity index (χ1v) is 4.12. The molecule has 12 heavy (non-hydrogen) atoms. The summed E-state index contributed by atoms with van der Waals surface area (Å²) in [5.74, 6) is 0. The van der Waals surface area contributed by atoms with Crippen molar-refractivity contribution in [1.29, 1.82) is 0 Å². The molecule has 0 bridgehead atoms. The normalized spacial score (nSPS) is 18.9. The van der Waals surface area contributed by atoms with Crippen LogP contribution in [0.15, 0.2) is 43.0 Å². The zero-order valence-electron chi connectivity index (χ0n) is 7.36. The zero-order valence-corrected chi connectivity index (χ0v) is 7.36. The predicted octanol–water partition coefficient (Wildman–Crippen LogP) is 2.95. The fourth-order valence-corrected chi connectivity index (χ4v) is 0.908. The van der Waals surface area contributed by atoms with Crippen LogP contribution in [0.2, 0.25) is 0 Å². The third kappa shape index (κ3) is 2.89. The van der Waals surface area contributed by atoms with E-state index in [-0.39, 0.29) is 0 Å². The second-order valence-electron chi connectivity index (χ2n) is 2.64. The van der Waals surface area contributed by atoms with Gasteiger partial charge in [0.15, 0.2) is 0 Å². The molecule has 1 aromatic carbocycles. The summed E-state index contributed by atoms with van der Waals surface area (Å²) in [5, 5.41) is 0. The first-order valence-electron chi connectivity index (χ1n) is 4.12. The number of allylic oxidation sites excluding steroid dienone is 1. The van der Waals surface area contributed by atoms with Crippen LogP contribution in [0, 0.1) is 0 Å². The first kappa shape index (κ1) is 9.01. The van der Waals surface area contributed by atoms with E-state index in [0.717, 1.165) is 6.61 Å². The Balaban J connectivity index is 0.000000213. The van der Waals surface area contributed by atoms with Gasteiger partial charge in [0, 0.05) is 0 Å². The maximum atomic E-state index is 5.09. The van der Waals surface area contributed by atoms with Gasteiger partial charge in [0.2, 0.25) is 0 Å². The van der Waals surface area contributed by atoms with Gasteiger partial charge in [-0.2, -0.15) is 0 Å². The number of ether oxygens (including phenoxy) is 1. The topological polar surface area (TPSA) is 12.5 Å². The van der Waals surface area contributed by atoms with Crippen LogP contribution in [0.1, 0.15) is 18.6 Å². The van der Waals surface area contributed by atoms with E-state index >= 15 is 0 Å². The van der Waals surface area contributed by atoms with Crippen LogP contribution in [0.3, 0.4) is 0 Å². The summed E-state index contributed by atoms with van der Waals surface area (Å²) in [6.07, 6.45) is 2.16. The number of epoxide rings is 1. The smallest absolute Gasteiger partial charge is 0.106 e. The molecule has 1 heteroatoms. The largest absolute Gasteiger partial charge is 0.368 e. The summed E-state index contributed by atoms with van der Waals surface area (Å²) < 4.78 is 5.09. The summed E-state index contributed by atoms with van der Waals surface area (Å²) in [5.41, 5.74) is 1.30. The van der Waals surface area contributed by atoms with Crippen molar-refractivity contribution in [2.75, 3.05) is 6.61 Å². The van der Waals surface area contributed by atoms with Crippen molar-refractivity contribution >= 4 is 0 Å². The van der Waals surface area contributed by atoms with Gasteiger partial charge >= 0.3 is 0 Å². The first-order chi connectivity index (χ1) is 5.88. The van der Waals surface area contributed by atoms with Crippen molar-refractivity contribution in [2.45, 2.75) is 13.0 Å². The third-order valence-corrected chi connectivity index (χ3v) is 1.50. The minimum Gasteiger partial charge on any atom is -0.368 e. The fraction of sp³-hybridized carbons (Fsp3) is 0.273. The summed E-state index contributed by atoms with van der Waals surface area (Å²) in [7, 11) is 0. The van der Waals surface area contributed by atoms with Gasteiger partial charge in [0.1, 0.15) is 6.10 Å². The average molecular weight is 162 g/mol. The van der Waals surface area contributed by atoms with Crippen LogP contribution in [-0.2, 0) is 4.74 Å². The number of rotatable bonds is 1. The van der Waals surface area contributed by atoms with E-state index in [4.69, 9.17) is 4.74 Å². The summed E-state index contributed by atoms with van der Waals surface area (Å²) in [6.45, 7) is 6.16. The number of benzene rings is 1. The minimum absolute atomic E-state index is 0.409. The SMILES string of the molecule is C=CC.c1ccc(C2CO2)cc1. The lowest BCUT2D eigenvalue weighted by molar-refractivity contribution is 0.415. The molecule has 0 saturated carbocycles. The van der Waals surface area contributed by atoms with E-state index in [2.05, 4.69) is 18.7 Å². The summed E-state index contributed by atoms with van der Waals surface area (Å²) in [4.78, 5) is 0. The highest BCUT2D eigenvalue weighted by Crippen LogP contribution is 2.28. The average Bonchev–Trinajstić information content (AvgIpc) is 2.90. The lowest BCUT2D eigenvalue weighted by Crippen LogP contribution is -1.75. The maximum Gasteiger partial charge on any atom is 0.106 e. The van der Waals surface area contributed by atoms with E-state index in [1.54, 1.807) is 6.08 Å². The number of hydrogen-bond acceptors (Lipinski definition) is 1. The molecule has 0 N–H and O–H groups in total. The van der Waals surface area contributed by atoms with Crippen molar-refractivity contribution in [3.63, 3.8) is 0 Å². The molecule has 1 fully saturated rings. The van der Waals surface area contributed by atoms with Crippen molar-refractivity contribution in [3.05, 3.63) is 48.6 Å². The molecular weight excluding hydrogens is 148 g/mol. The molecule has 1 unspecified atom stereocenters. The standard InChI is InChI=1S/C8H8O.C3H6/c1-2-4-7(5-3-1)8-6-9-8;1-3-2/h1-5,8H,6H2;3H,1H2,2H3. The van der Waals surface area contributed by atoms with Crippen LogP contribution in [0.4, 0.5) is 0 Å². The Hall–Kier alpha value is -1.08. The molecule has 2 rings (SSSR count). The van der Waals surface area contributed by atoms with Crippen molar-refractivity contribution in [3.8, 4) is 0 Å². The molecule has 1 heterocycles. The molecule has 0 spiro atoms. The van der Waals surface area contributed by atoms with Gasteiger partial charge in [0.25, 0.3) is 0 Å². The highest BCUT2D eigenvalue weighted by Gasteiger charge is 2.23. The van der Waals surface area contributed by atoms with Crippen molar-refractivity contribution in [1.82, 2.24) is 0 Å². The summed E-state index contributed by atoms with van der Waals surface area (Å²) >= 11 is 0. The Kier molecular flexibility index (Phi) is 3.55. The van der Waals surface area contributed by atoms with E-state index in [1.165, 1.54) is 5.56 Å². The lowest BCUT2D eigenvalue weighted by atomic mass is 10.2.